The zero-order chi connectivity index (χ0) is 14.7. The van der Waals surface area contributed by atoms with E-state index in [0.717, 1.165) is 5.69 Å². The molecule has 20 heavy (non-hydrogen) atoms. The first-order valence-corrected chi connectivity index (χ1v) is 6.31. The van der Waals surface area contributed by atoms with E-state index >= 15 is 0 Å². The summed E-state index contributed by atoms with van der Waals surface area (Å²) in [6, 6.07) is 12.2. The minimum Gasteiger partial charge on any atom is -0.497 e. The van der Waals surface area contributed by atoms with Crippen molar-refractivity contribution < 1.29 is 14.6 Å². The maximum absolute atomic E-state index is 11.3. The standard InChI is InChI=1S/C15H14ClNO3/c1-17(11-4-3-5-12(9-11)20-2)14-7-6-10(16)8-13(14)15(18)19/h3-9H,1-2H3,(H,18,19). The van der Waals surface area contributed by atoms with Gasteiger partial charge in [0.2, 0.25) is 0 Å². The molecule has 0 bridgehead atoms. The fraction of sp³-hybridized carbons (Fsp3) is 0.133. The second kappa shape index (κ2) is 5.84. The van der Waals surface area contributed by atoms with E-state index in [4.69, 9.17) is 16.3 Å². The summed E-state index contributed by atoms with van der Waals surface area (Å²) in [7, 11) is 3.38. The van der Waals surface area contributed by atoms with Crippen LogP contribution in [0.3, 0.4) is 0 Å². The van der Waals surface area contributed by atoms with Gasteiger partial charge in [0.15, 0.2) is 0 Å². The number of benzene rings is 2. The van der Waals surface area contributed by atoms with Gasteiger partial charge in [-0.2, -0.15) is 0 Å². The van der Waals surface area contributed by atoms with Crippen LogP contribution in [0.5, 0.6) is 5.75 Å². The average Bonchev–Trinajstić information content (AvgIpc) is 2.46. The number of rotatable bonds is 4. The number of anilines is 2. The van der Waals surface area contributed by atoms with Gasteiger partial charge in [-0.3, -0.25) is 0 Å². The van der Waals surface area contributed by atoms with Crippen LogP contribution in [0, 0.1) is 0 Å². The summed E-state index contributed by atoms with van der Waals surface area (Å²) in [5.41, 5.74) is 1.55. The Morgan fingerprint density at radius 1 is 1.25 bits per heavy atom. The lowest BCUT2D eigenvalue weighted by molar-refractivity contribution is 0.0697. The molecule has 1 N–H and O–H groups in total. The fourth-order valence-electron chi connectivity index (χ4n) is 1.93. The van der Waals surface area contributed by atoms with Crippen molar-refractivity contribution in [2.24, 2.45) is 0 Å². The molecule has 5 heteroatoms. The Morgan fingerprint density at radius 2 is 2.00 bits per heavy atom. The molecule has 4 nitrogen and oxygen atoms in total. The molecule has 0 radical (unpaired) electrons. The molecule has 0 unspecified atom stereocenters. The van der Waals surface area contributed by atoms with Crippen molar-refractivity contribution in [3.63, 3.8) is 0 Å². The number of hydrogen-bond donors (Lipinski definition) is 1. The minimum atomic E-state index is -1.02. The van der Waals surface area contributed by atoms with E-state index in [2.05, 4.69) is 0 Å². The molecule has 0 aliphatic carbocycles. The van der Waals surface area contributed by atoms with Gasteiger partial charge in [0.05, 0.1) is 18.4 Å². The van der Waals surface area contributed by atoms with Crippen LogP contribution < -0.4 is 9.64 Å². The van der Waals surface area contributed by atoms with Crippen LogP contribution in [0.1, 0.15) is 10.4 Å². The number of aromatic carboxylic acids is 1. The number of hydrogen-bond acceptors (Lipinski definition) is 3. The van der Waals surface area contributed by atoms with Gasteiger partial charge >= 0.3 is 5.97 Å². The van der Waals surface area contributed by atoms with Gasteiger partial charge < -0.3 is 14.7 Å². The van der Waals surface area contributed by atoms with Crippen molar-refractivity contribution in [1.29, 1.82) is 0 Å². The predicted octanol–water partition coefficient (Wildman–Crippen LogP) is 3.81. The molecular weight excluding hydrogens is 278 g/mol. The maximum Gasteiger partial charge on any atom is 0.337 e. The third-order valence-electron chi connectivity index (χ3n) is 2.99. The van der Waals surface area contributed by atoms with Crippen molar-refractivity contribution in [2.45, 2.75) is 0 Å². The molecule has 0 heterocycles. The smallest absolute Gasteiger partial charge is 0.337 e. The summed E-state index contributed by atoms with van der Waals surface area (Å²) in [4.78, 5) is 13.1. The molecule has 2 aromatic rings. The Kier molecular flexibility index (Phi) is 4.15. The van der Waals surface area contributed by atoms with E-state index in [9.17, 15) is 9.90 Å². The van der Waals surface area contributed by atoms with E-state index in [0.29, 0.717) is 16.5 Å². The molecule has 0 aliphatic heterocycles. The molecular formula is C15H14ClNO3. The lowest BCUT2D eigenvalue weighted by Crippen LogP contribution is -2.14. The highest BCUT2D eigenvalue weighted by Gasteiger charge is 2.15. The zero-order valence-electron chi connectivity index (χ0n) is 11.1. The molecule has 0 atom stereocenters. The van der Waals surface area contributed by atoms with Crippen LogP contribution in [0.2, 0.25) is 5.02 Å². The minimum absolute atomic E-state index is 0.155. The number of halogens is 1. The van der Waals surface area contributed by atoms with E-state index in [1.807, 2.05) is 24.3 Å². The summed E-state index contributed by atoms with van der Waals surface area (Å²) in [6.45, 7) is 0. The molecule has 2 rings (SSSR count). The van der Waals surface area contributed by atoms with Gasteiger partial charge in [-0.25, -0.2) is 4.79 Å². The van der Waals surface area contributed by atoms with Crippen LogP contribution in [-0.4, -0.2) is 25.2 Å². The molecule has 0 saturated carbocycles. The molecule has 104 valence electrons. The van der Waals surface area contributed by atoms with E-state index in [1.54, 1.807) is 31.2 Å². The normalized spacial score (nSPS) is 10.2. The van der Waals surface area contributed by atoms with Crippen molar-refractivity contribution in [2.75, 3.05) is 19.1 Å². The summed E-state index contributed by atoms with van der Waals surface area (Å²) < 4.78 is 5.17. The lowest BCUT2D eigenvalue weighted by Gasteiger charge is -2.22. The topological polar surface area (TPSA) is 49.8 Å². The molecule has 0 saturated heterocycles. The molecule has 0 aromatic heterocycles. The van der Waals surface area contributed by atoms with Crippen LogP contribution in [0.15, 0.2) is 42.5 Å². The number of carboxylic acid groups (broad SMARTS) is 1. The van der Waals surface area contributed by atoms with Gasteiger partial charge in [-0.1, -0.05) is 17.7 Å². The highest BCUT2D eigenvalue weighted by molar-refractivity contribution is 6.31. The number of carbonyl (C=O) groups is 1. The molecule has 0 aliphatic rings. The Bertz CT molecular complexity index is 643. The summed E-state index contributed by atoms with van der Waals surface area (Å²) in [5.74, 6) is -0.308. The average molecular weight is 292 g/mol. The highest BCUT2D eigenvalue weighted by atomic mass is 35.5. The monoisotopic (exact) mass is 291 g/mol. The number of carboxylic acids is 1. The molecule has 0 spiro atoms. The van der Waals surface area contributed by atoms with Crippen LogP contribution in [0.4, 0.5) is 11.4 Å². The lowest BCUT2D eigenvalue weighted by atomic mass is 10.1. The van der Waals surface area contributed by atoms with Crippen LogP contribution in [-0.2, 0) is 0 Å². The maximum atomic E-state index is 11.3. The Hall–Kier alpha value is -2.20. The van der Waals surface area contributed by atoms with E-state index in [1.165, 1.54) is 6.07 Å². The van der Waals surface area contributed by atoms with Gasteiger partial charge in [0, 0.05) is 23.8 Å². The number of nitrogens with zero attached hydrogens (tertiary/aromatic N) is 1. The first-order valence-electron chi connectivity index (χ1n) is 5.93. The Labute approximate surface area is 122 Å². The largest absolute Gasteiger partial charge is 0.497 e. The number of ether oxygens (including phenoxy) is 1. The summed E-state index contributed by atoms with van der Waals surface area (Å²) >= 11 is 5.86. The first-order chi connectivity index (χ1) is 9.52. The van der Waals surface area contributed by atoms with Crippen LogP contribution >= 0.6 is 11.6 Å². The second-order valence-corrected chi connectivity index (χ2v) is 4.66. The van der Waals surface area contributed by atoms with Crippen molar-refractivity contribution in [1.82, 2.24) is 0 Å². The van der Waals surface area contributed by atoms with Crippen molar-refractivity contribution >= 4 is 28.9 Å². The zero-order valence-corrected chi connectivity index (χ0v) is 11.9. The van der Waals surface area contributed by atoms with Gasteiger partial charge in [0.25, 0.3) is 0 Å². The van der Waals surface area contributed by atoms with Crippen LogP contribution in [0.25, 0.3) is 0 Å². The van der Waals surface area contributed by atoms with E-state index < -0.39 is 5.97 Å². The molecule has 0 amide bonds. The fourth-order valence-corrected chi connectivity index (χ4v) is 2.10. The van der Waals surface area contributed by atoms with Crippen molar-refractivity contribution in [3.8, 4) is 5.75 Å². The third kappa shape index (κ3) is 2.86. The first kappa shape index (κ1) is 14.2. The van der Waals surface area contributed by atoms with Gasteiger partial charge in [-0.15, -0.1) is 0 Å². The summed E-state index contributed by atoms with van der Waals surface area (Å²) in [6.07, 6.45) is 0. The summed E-state index contributed by atoms with van der Waals surface area (Å²) in [5, 5.41) is 9.67. The highest BCUT2D eigenvalue weighted by Crippen LogP contribution is 2.31. The van der Waals surface area contributed by atoms with Crippen molar-refractivity contribution in [3.05, 3.63) is 53.1 Å². The van der Waals surface area contributed by atoms with Gasteiger partial charge in [-0.05, 0) is 30.3 Å². The van der Waals surface area contributed by atoms with E-state index in [-0.39, 0.29) is 5.56 Å². The SMILES string of the molecule is COc1cccc(N(C)c2ccc(Cl)cc2C(=O)O)c1. The molecule has 2 aromatic carbocycles. The Balaban J connectivity index is 2.47. The quantitative estimate of drug-likeness (QED) is 0.930. The second-order valence-electron chi connectivity index (χ2n) is 4.23. The third-order valence-corrected chi connectivity index (χ3v) is 3.23. The van der Waals surface area contributed by atoms with Gasteiger partial charge in [0.1, 0.15) is 5.75 Å². The number of methoxy groups -OCH3 is 1. The predicted molar refractivity (Wildman–Crippen MR) is 79.5 cm³/mol. The molecule has 0 fully saturated rings. The Morgan fingerprint density at radius 3 is 2.65 bits per heavy atom.